The number of esters is 2. The summed E-state index contributed by atoms with van der Waals surface area (Å²) < 4.78 is 29.1. The van der Waals surface area contributed by atoms with Crippen LogP contribution in [0.2, 0.25) is 0 Å². The van der Waals surface area contributed by atoms with Crippen molar-refractivity contribution in [1.82, 2.24) is 0 Å². The molecule has 2 N–H and O–H groups in total. The van der Waals surface area contributed by atoms with Gasteiger partial charge in [0.2, 0.25) is 0 Å². The lowest BCUT2D eigenvalue weighted by molar-refractivity contribution is -0.159. The molecule has 0 heterocycles. The van der Waals surface area contributed by atoms with E-state index in [0.717, 1.165) is 33.5 Å². The Hall–Kier alpha value is -3.34. The summed E-state index contributed by atoms with van der Waals surface area (Å²) in [7, 11) is 2.24. The molecule has 1 aromatic rings. The highest BCUT2D eigenvalue weighted by molar-refractivity contribution is 5.76. The normalized spacial score (nSPS) is 12.2. The molecule has 1 rings (SSSR count). The van der Waals surface area contributed by atoms with Crippen molar-refractivity contribution in [2.45, 2.75) is 58.1 Å². The van der Waals surface area contributed by atoms with Crippen LogP contribution in [0.15, 0.2) is 18.2 Å². The molecule has 33 heavy (non-hydrogen) atoms. The minimum atomic E-state index is -1.05. The van der Waals surface area contributed by atoms with Gasteiger partial charge in [-0.1, -0.05) is 25.8 Å². The van der Waals surface area contributed by atoms with Crippen LogP contribution in [0, 0.1) is 0 Å². The Kier molecular flexibility index (Phi) is 12.3. The van der Waals surface area contributed by atoms with E-state index < -0.39 is 30.4 Å². The zero-order chi connectivity index (χ0) is 24.8. The molecule has 0 unspecified atom stereocenters. The Morgan fingerprint density at radius 2 is 1.61 bits per heavy atom. The van der Waals surface area contributed by atoms with Crippen molar-refractivity contribution in [3.05, 3.63) is 23.8 Å². The predicted octanol–water partition coefficient (Wildman–Crippen LogP) is 2.90. The number of hydrogen-bond acceptors (Lipinski definition) is 11. The van der Waals surface area contributed by atoms with Crippen LogP contribution in [0.3, 0.4) is 0 Å². The van der Waals surface area contributed by atoms with Crippen LogP contribution in [0.4, 0.5) is 9.59 Å². The molecule has 0 spiro atoms. The fourth-order valence-corrected chi connectivity index (χ4v) is 2.57. The second-order valence-corrected chi connectivity index (χ2v) is 7.09. The number of rotatable bonds is 12. The number of unbranched alkanes of at least 4 members (excludes halogenated alkanes) is 2. The molecule has 0 saturated carbocycles. The van der Waals surface area contributed by atoms with Gasteiger partial charge in [-0.25, -0.2) is 9.59 Å². The van der Waals surface area contributed by atoms with Crippen LogP contribution >= 0.6 is 0 Å². The summed E-state index contributed by atoms with van der Waals surface area (Å²) in [4.78, 5) is 46.8. The Labute approximate surface area is 192 Å². The third kappa shape index (κ3) is 10.7. The highest BCUT2D eigenvalue weighted by Gasteiger charge is 2.21. The van der Waals surface area contributed by atoms with Gasteiger partial charge in [0.05, 0.1) is 14.2 Å². The van der Waals surface area contributed by atoms with Gasteiger partial charge in [-0.3, -0.25) is 9.59 Å². The van der Waals surface area contributed by atoms with Gasteiger partial charge < -0.3 is 34.2 Å². The van der Waals surface area contributed by atoms with Crippen molar-refractivity contribution in [1.29, 1.82) is 0 Å². The molecule has 2 atom stereocenters. The van der Waals surface area contributed by atoms with E-state index in [1.807, 2.05) is 6.92 Å². The second-order valence-electron chi connectivity index (χ2n) is 7.09. The van der Waals surface area contributed by atoms with E-state index in [2.05, 4.69) is 9.47 Å². The van der Waals surface area contributed by atoms with Crippen LogP contribution in [0.25, 0.3) is 0 Å². The van der Waals surface area contributed by atoms with E-state index in [1.54, 1.807) is 6.92 Å². The number of carbonyl (C=O) groups is 4. The molecule has 0 bridgehead atoms. The summed E-state index contributed by atoms with van der Waals surface area (Å²) in [6.45, 7) is 3.55. The van der Waals surface area contributed by atoms with Crippen molar-refractivity contribution in [2.75, 3.05) is 20.8 Å². The first kappa shape index (κ1) is 27.7. The number of carbonyl (C=O) groups excluding carboxylic acids is 4. The molecule has 0 fully saturated rings. The van der Waals surface area contributed by atoms with Crippen LogP contribution in [0.1, 0.15) is 45.1 Å². The van der Waals surface area contributed by atoms with Gasteiger partial charge in [-0.05, 0) is 37.5 Å². The van der Waals surface area contributed by atoms with Crippen molar-refractivity contribution >= 4 is 24.2 Å². The van der Waals surface area contributed by atoms with Crippen molar-refractivity contribution in [3.63, 3.8) is 0 Å². The van der Waals surface area contributed by atoms with Crippen LogP contribution < -0.4 is 15.2 Å². The molecule has 0 aliphatic carbocycles. The Morgan fingerprint density at radius 3 is 2.21 bits per heavy atom. The summed E-state index contributed by atoms with van der Waals surface area (Å²) in [5.74, 6) is -1.27. The van der Waals surface area contributed by atoms with Crippen molar-refractivity contribution in [2.24, 2.45) is 5.73 Å². The minimum Gasteiger partial charge on any atom is -0.462 e. The Morgan fingerprint density at radius 1 is 0.970 bits per heavy atom. The van der Waals surface area contributed by atoms with Crippen LogP contribution in [-0.4, -0.2) is 57.2 Å². The first-order valence-corrected chi connectivity index (χ1v) is 10.5. The third-order valence-corrected chi connectivity index (χ3v) is 4.27. The number of nitrogens with two attached hydrogens (primary N) is 1. The summed E-state index contributed by atoms with van der Waals surface area (Å²) in [6.07, 6.45) is 0.305. The van der Waals surface area contributed by atoms with Crippen LogP contribution in [0.5, 0.6) is 11.5 Å². The molecule has 0 saturated heterocycles. The highest BCUT2D eigenvalue weighted by atomic mass is 16.7. The summed E-state index contributed by atoms with van der Waals surface area (Å²) in [5.41, 5.74) is 6.42. The van der Waals surface area contributed by atoms with Gasteiger partial charge in [-0.15, -0.1) is 0 Å². The molecule has 184 valence electrons. The lowest BCUT2D eigenvalue weighted by atomic mass is 10.1. The van der Waals surface area contributed by atoms with Gasteiger partial charge in [0.25, 0.3) is 0 Å². The zero-order valence-corrected chi connectivity index (χ0v) is 19.3. The van der Waals surface area contributed by atoms with E-state index in [0.29, 0.717) is 12.0 Å². The minimum absolute atomic E-state index is 0.0262. The monoisotopic (exact) mass is 469 g/mol. The Bertz CT molecular complexity index is 810. The molecule has 0 amide bonds. The van der Waals surface area contributed by atoms with Gasteiger partial charge in [-0.2, -0.15) is 0 Å². The molecule has 11 heteroatoms. The lowest BCUT2D eigenvalue weighted by Gasteiger charge is -2.17. The molecular weight excluding hydrogens is 438 g/mol. The zero-order valence-electron chi connectivity index (χ0n) is 19.3. The van der Waals surface area contributed by atoms with Gasteiger partial charge in [0.1, 0.15) is 18.8 Å². The number of ether oxygens (including phenoxy) is 6. The van der Waals surface area contributed by atoms with Crippen molar-refractivity contribution in [3.8, 4) is 11.5 Å². The van der Waals surface area contributed by atoms with E-state index in [4.69, 9.17) is 24.7 Å². The first-order valence-electron chi connectivity index (χ1n) is 10.5. The SMILES string of the molecule is CCCCCC(=O)OC[C@H](C)OC(=O)[C@@H](N)Cc1ccc(OC(=O)OC)c(OC(=O)OC)c1. The molecule has 11 nitrogen and oxygen atoms in total. The summed E-state index contributed by atoms with van der Waals surface area (Å²) in [6, 6.07) is 3.19. The van der Waals surface area contributed by atoms with E-state index >= 15 is 0 Å². The molecule has 0 aliphatic heterocycles. The maximum Gasteiger partial charge on any atom is 0.513 e. The lowest BCUT2D eigenvalue weighted by Crippen LogP contribution is -2.37. The number of benzene rings is 1. The Balaban J connectivity index is 2.68. The topological polar surface area (TPSA) is 150 Å². The smallest absolute Gasteiger partial charge is 0.462 e. The van der Waals surface area contributed by atoms with Gasteiger partial charge in [0, 0.05) is 6.42 Å². The molecular formula is C22H31NO10. The maximum absolute atomic E-state index is 12.3. The van der Waals surface area contributed by atoms with Gasteiger partial charge in [0.15, 0.2) is 11.5 Å². The number of methoxy groups -OCH3 is 2. The average molecular weight is 469 g/mol. The number of hydrogen-bond donors (Lipinski definition) is 1. The van der Waals surface area contributed by atoms with Crippen LogP contribution in [-0.2, 0) is 35.0 Å². The van der Waals surface area contributed by atoms with E-state index in [1.165, 1.54) is 18.2 Å². The highest BCUT2D eigenvalue weighted by Crippen LogP contribution is 2.29. The quantitative estimate of drug-likeness (QED) is 0.208. The molecule has 0 radical (unpaired) electrons. The van der Waals surface area contributed by atoms with Crippen molar-refractivity contribution < 1.29 is 47.6 Å². The maximum atomic E-state index is 12.3. The third-order valence-electron chi connectivity index (χ3n) is 4.27. The average Bonchev–Trinajstić information content (AvgIpc) is 2.79. The molecule has 0 aromatic heterocycles. The fraction of sp³-hybridized carbons (Fsp3) is 0.545. The predicted molar refractivity (Wildman–Crippen MR) is 115 cm³/mol. The first-order chi connectivity index (χ1) is 15.7. The summed E-state index contributed by atoms with van der Waals surface area (Å²) in [5, 5.41) is 0. The van der Waals surface area contributed by atoms with E-state index in [9.17, 15) is 19.2 Å². The fourth-order valence-electron chi connectivity index (χ4n) is 2.57. The molecule has 0 aliphatic rings. The summed E-state index contributed by atoms with van der Waals surface area (Å²) >= 11 is 0. The largest absolute Gasteiger partial charge is 0.513 e. The molecule has 1 aromatic carbocycles. The van der Waals surface area contributed by atoms with E-state index in [-0.39, 0.29) is 30.5 Å². The van der Waals surface area contributed by atoms with Gasteiger partial charge >= 0.3 is 24.2 Å². The standard InChI is InChI=1S/C22H31NO10/c1-5-6-7-8-19(24)30-13-14(2)31-20(25)16(23)11-15-9-10-17(32-21(26)28-3)18(12-15)33-22(27)29-4/h9-10,12,14,16H,5-8,11,13,23H2,1-4H3/t14-,16-/m0/s1. The second kappa shape index (κ2) is 14.7.